The van der Waals surface area contributed by atoms with Gasteiger partial charge in [-0.15, -0.1) is 0 Å². The summed E-state index contributed by atoms with van der Waals surface area (Å²) in [6, 6.07) is 7.83. The number of rotatable bonds is 2. The zero-order valence-corrected chi connectivity index (χ0v) is 10.3. The molecule has 0 radical (unpaired) electrons. The van der Waals surface area contributed by atoms with Crippen molar-refractivity contribution in [3.63, 3.8) is 0 Å². The summed E-state index contributed by atoms with van der Waals surface area (Å²) in [7, 11) is 0. The van der Waals surface area contributed by atoms with Crippen LogP contribution >= 0.6 is 11.6 Å². The molecule has 3 N–H and O–H groups in total. The number of nitrogens with two attached hydrogens (primary N) is 1. The van der Waals surface area contributed by atoms with Crippen molar-refractivity contribution in [1.29, 1.82) is 0 Å². The Labute approximate surface area is 113 Å². The zero-order valence-electron chi connectivity index (χ0n) is 9.58. The average Bonchev–Trinajstić information content (AvgIpc) is 2.37. The van der Waals surface area contributed by atoms with Crippen molar-refractivity contribution in [3.8, 4) is 0 Å². The smallest absolute Gasteiger partial charge is 0.258 e. The highest BCUT2D eigenvalue weighted by Crippen LogP contribution is 2.25. The van der Waals surface area contributed by atoms with E-state index in [0.717, 1.165) is 6.07 Å². The number of nitrogens with one attached hydrogen (secondary N) is 1. The lowest BCUT2D eigenvalue weighted by Crippen LogP contribution is -2.15. The quantitative estimate of drug-likeness (QED) is 0.829. The van der Waals surface area contributed by atoms with Crippen LogP contribution in [-0.2, 0) is 0 Å². The molecule has 6 heteroatoms. The molecule has 0 spiro atoms. The van der Waals surface area contributed by atoms with Crippen LogP contribution in [0.1, 0.15) is 10.4 Å². The van der Waals surface area contributed by atoms with Crippen molar-refractivity contribution in [3.05, 3.63) is 58.6 Å². The Morgan fingerprint density at radius 1 is 1.21 bits per heavy atom. The SMILES string of the molecule is Nc1ccc(Cl)c(NC(=O)c2cccc(F)c2F)c1. The molecule has 0 atom stereocenters. The number of hydrogen-bond acceptors (Lipinski definition) is 2. The van der Waals surface area contributed by atoms with E-state index in [-0.39, 0.29) is 10.7 Å². The Morgan fingerprint density at radius 2 is 1.95 bits per heavy atom. The first kappa shape index (κ1) is 13.3. The third-order valence-electron chi connectivity index (χ3n) is 2.43. The van der Waals surface area contributed by atoms with Gasteiger partial charge in [0.05, 0.1) is 16.3 Å². The summed E-state index contributed by atoms with van der Waals surface area (Å²) in [5.41, 5.74) is 5.77. The van der Waals surface area contributed by atoms with Gasteiger partial charge in [0, 0.05) is 5.69 Å². The molecule has 0 aromatic heterocycles. The second kappa shape index (κ2) is 5.24. The van der Waals surface area contributed by atoms with E-state index in [0.29, 0.717) is 5.69 Å². The fourth-order valence-electron chi connectivity index (χ4n) is 1.51. The van der Waals surface area contributed by atoms with Gasteiger partial charge in [-0.2, -0.15) is 0 Å². The van der Waals surface area contributed by atoms with Crippen LogP contribution in [0, 0.1) is 11.6 Å². The van der Waals surface area contributed by atoms with Crippen molar-refractivity contribution < 1.29 is 13.6 Å². The van der Waals surface area contributed by atoms with E-state index in [9.17, 15) is 13.6 Å². The Bertz CT molecular complexity index is 647. The predicted molar refractivity (Wildman–Crippen MR) is 70.2 cm³/mol. The number of nitrogen functional groups attached to an aromatic ring is 1. The Hall–Kier alpha value is -2.14. The van der Waals surface area contributed by atoms with Crippen LogP contribution in [0.2, 0.25) is 5.02 Å². The highest BCUT2D eigenvalue weighted by atomic mass is 35.5. The summed E-state index contributed by atoms with van der Waals surface area (Å²) < 4.78 is 26.5. The van der Waals surface area contributed by atoms with Crippen LogP contribution in [0.5, 0.6) is 0 Å². The number of carbonyl (C=O) groups excluding carboxylic acids is 1. The fourth-order valence-corrected chi connectivity index (χ4v) is 1.67. The van der Waals surface area contributed by atoms with Gasteiger partial charge in [-0.1, -0.05) is 17.7 Å². The Kier molecular flexibility index (Phi) is 3.66. The predicted octanol–water partition coefficient (Wildman–Crippen LogP) is 3.45. The van der Waals surface area contributed by atoms with Crippen molar-refractivity contribution in [2.75, 3.05) is 11.1 Å². The summed E-state index contributed by atoms with van der Waals surface area (Å²) >= 11 is 5.86. The summed E-state index contributed by atoms with van der Waals surface area (Å²) in [4.78, 5) is 11.8. The van der Waals surface area contributed by atoms with Crippen LogP contribution in [0.15, 0.2) is 36.4 Å². The Balaban J connectivity index is 2.31. The minimum absolute atomic E-state index is 0.232. The van der Waals surface area contributed by atoms with Crippen LogP contribution < -0.4 is 11.1 Å². The normalized spacial score (nSPS) is 10.3. The highest BCUT2D eigenvalue weighted by Gasteiger charge is 2.16. The molecular weight excluding hydrogens is 274 g/mol. The average molecular weight is 283 g/mol. The van der Waals surface area contributed by atoms with E-state index in [2.05, 4.69) is 5.32 Å². The lowest BCUT2D eigenvalue weighted by atomic mass is 10.2. The van der Waals surface area contributed by atoms with E-state index in [1.165, 1.54) is 24.3 Å². The molecule has 2 aromatic rings. The number of benzene rings is 2. The van der Waals surface area contributed by atoms with E-state index in [1.807, 2.05) is 0 Å². The van der Waals surface area contributed by atoms with E-state index >= 15 is 0 Å². The number of carbonyl (C=O) groups is 1. The summed E-state index contributed by atoms with van der Waals surface area (Å²) in [6.07, 6.45) is 0. The molecule has 1 amide bonds. The minimum Gasteiger partial charge on any atom is -0.399 e. The number of halogens is 3. The molecule has 0 bridgehead atoms. The maximum Gasteiger partial charge on any atom is 0.258 e. The first-order chi connectivity index (χ1) is 8.99. The second-order valence-corrected chi connectivity index (χ2v) is 4.20. The van der Waals surface area contributed by atoms with Gasteiger partial charge in [0.1, 0.15) is 0 Å². The third kappa shape index (κ3) is 2.82. The van der Waals surface area contributed by atoms with E-state index < -0.39 is 23.1 Å². The van der Waals surface area contributed by atoms with Crippen molar-refractivity contribution in [2.24, 2.45) is 0 Å². The second-order valence-electron chi connectivity index (χ2n) is 3.79. The number of amides is 1. The van der Waals surface area contributed by atoms with Gasteiger partial charge in [0.25, 0.3) is 5.91 Å². The third-order valence-corrected chi connectivity index (χ3v) is 2.76. The molecule has 2 rings (SSSR count). The molecule has 0 aliphatic carbocycles. The minimum atomic E-state index is -1.21. The molecule has 0 saturated heterocycles. The molecule has 0 fully saturated rings. The van der Waals surface area contributed by atoms with Crippen LogP contribution in [0.3, 0.4) is 0 Å². The summed E-state index contributed by atoms with van der Waals surface area (Å²) in [5, 5.41) is 2.63. The molecular formula is C13H9ClF2N2O. The summed E-state index contributed by atoms with van der Waals surface area (Å²) in [5.74, 6) is -3.10. The molecule has 2 aromatic carbocycles. The molecule has 0 aliphatic rings. The molecule has 0 heterocycles. The van der Waals surface area contributed by atoms with Crippen molar-refractivity contribution >= 4 is 28.9 Å². The van der Waals surface area contributed by atoms with Crippen LogP contribution in [0.4, 0.5) is 20.2 Å². The lowest BCUT2D eigenvalue weighted by Gasteiger charge is -2.08. The first-order valence-corrected chi connectivity index (χ1v) is 5.67. The van der Waals surface area contributed by atoms with Crippen molar-refractivity contribution in [1.82, 2.24) is 0 Å². The van der Waals surface area contributed by atoms with E-state index in [1.54, 1.807) is 6.07 Å². The topological polar surface area (TPSA) is 55.1 Å². The van der Waals surface area contributed by atoms with Gasteiger partial charge >= 0.3 is 0 Å². The van der Waals surface area contributed by atoms with Crippen LogP contribution in [0.25, 0.3) is 0 Å². The maximum absolute atomic E-state index is 13.4. The van der Waals surface area contributed by atoms with E-state index in [4.69, 9.17) is 17.3 Å². The van der Waals surface area contributed by atoms with Crippen LogP contribution in [-0.4, -0.2) is 5.91 Å². The highest BCUT2D eigenvalue weighted by molar-refractivity contribution is 6.34. The molecule has 0 saturated carbocycles. The number of anilines is 2. The standard InChI is InChI=1S/C13H9ClF2N2O/c14-9-5-4-7(17)6-11(9)18-13(19)8-2-1-3-10(15)12(8)16/h1-6H,17H2,(H,18,19). The van der Waals surface area contributed by atoms with Gasteiger partial charge in [0.15, 0.2) is 11.6 Å². The molecule has 98 valence electrons. The summed E-state index contributed by atoms with van der Waals surface area (Å²) in [6.45, 7) is 0. The lowest BCUT2D eigenvalue weighted by molar-refractivity contribution is 0.102. The zero-order chi connectivity index (χ0) is 14.0. The first-order valence-electron chi connectivity index (χ1n) is 5.29. The van der Waals surface area contributed by atoms with Gasteiger partial charge < -0.3 is 11.1 Å². The van der Waals surface area contributed by atoms with Gasteiger partial charge in [0.2, 0.25) is 0 Å². The van der Waals surface area contributed by atoms with Crippen molar-refractivity contribution in [2.45, 2.75) is 0 Å². The van der Waals surface area contributed by atoms with Gasteiger partial charge in [-0.25, -0.2) is 8.78 Å². The maximum atomic E-state index is 13.4. The van der Waals surface area contributed by atoms with Gasteiger partial charge in [-0.3, -0.25) is 4.79 Å². The fraction of sp³-hybridized carbons (Fsp3) is 0. The molecule has 3 nitrogen and oxygen atoms in total. The molecule has 0 aliphatic heterocycles. The monoisotopic (exact) mass is 282 g/mol. The largest absolute Gasteiger partial charge is 0.399 e. The Morgan fingerprint density at radius 3 is 2.68 bits per heavy atom. The number of hydrogen-bond donors (Lipinski definition) is 2. The molecule has 19 heavy (non-hydrogen) atoms. The molecule has 0 unspecified atom stereocenters. The van der Waals surface area contributed by atoms with Gasteiger partial charge in [-0.05, 0) is 30.3 Å².